The zero-order valence-electron chi connectivity index (χ0n) is 9.84. The fourth-order valence-corrected chi connectivity index (χ4v) is 5.22. The van der Waals surface area contributed by atoms with Gasteiger partial charge in [0.25, 0.3) is 0 Å². The van der Waals surface area contributed by atoms with Crippen LogP contribution in [-0.4, -0.2) is 19.3 Å². The standard InChI is InChI=1S/C12H17Br2NOS/c1-2-15-10(6-8-4-3-5-16-8)9-7-11(13)17-12(9)14/h7-8,10,15H,2-6H2,1H3. The highest BCUT2D eigenvalue weighted by molar-refractivity contribution is 9.12. The molecule has 0 aliphatic carbocycles. The third-order valence-corrected chi connectivity index (χ3v) is 5.42. The molecule has 5 heteroatoms. The molecule has 0 amide bonds. The van der Waals surface area contributed by atoms with Crippen LogP contribution in [0.3, 0.4) is 0 Å². The van der Waals surface area contributed by atoms with Gasteiger partial charge in [0, 0.05) is 12.6 Å². The van der Waals surface area contributed by atoms with E-state index in [0.29, 0.717) is 12.1 Å². The Kier molecular flexibility index (Phi) is 5.49. The molecule has 1 aromatic heterocycles. The Labute approximate surface area is 123 Å². The Balaban J connectivity index is 2.07. The summed E-state index contributed by atoms with van der Waals surface area (Å²) in [6.45, 7) is 4.06. The van der Waals surface area contributed by atoms with E-state index < -0.39 is 0 Å². The maximum atomic E-state index is 5.73. The van der Waals surface area contributed by atoms with E-state index in [1.165, 1.54) is 26.0 Å². The molecule has 0 radical (unpaired) electrons. The van der Waals surface area contributed by atoms with Crippen molar-refractivity contribution in [1.82, 2.24) is 5.32 Å². The summed E-state index contributed by atoms with van der Waals surface area (Å²) in [4.78, 5) is 0. The van der Waals surface area contributed by atoms with Gasteiger partial charge in [0.2, 0.25) is 0 Å². The minimum Gasteiger partial charge on any atom is -0.378 e. The van der Waals surface area contributed by atoms with Gasteiger partial charge in [-0.25, -0.2) is 0 Å². The van der Waals surface area contributed by atoms with Crippen molar-refractivity contribution in [2.45, 2.75) is 38.3 Å². The van der Waals surface area contributed by atoms with E-state index >= 15 is 0 Å². The third-order valence-electron chi connectivity index (χ3n) is 3.03. The van der Waals surface area contributed by atoms with Crippen LogP contribution in [0.2, 0.25) is 0 Å². The molecule has 1 aliphatic heterocycles. The van der Waals surface area contributed by atoms with Crippen LogP contribution < -0.4 is 5.32 Å². The topological polar surface area (TPSA) is 21.3 Å². The highest BCUT2D eigenvalue weighted by Gasteiger charge is 2.23. The number of thiophene rings is 1. The van der Waals surface area contributed by atoms with Gasteiger partial charge in [-0.2, -0.15) is 0 Å². The minimum absolute atomic E-state index is 0.389. The monoisotopic (exact) mass is 381 g/mol. The van der Waals surface area contributed by atoms with Crippen LogP contribution in [0.5, 0.6) is 0 Å². The highest BCUT2D eigenvalue weighted by Crippen LogP contribution is 2.37. The van der Waals surface area contributed by atoms with Crippen LogP contribution in [0.1, 0.15) is 37.8 Å². The molecule has 2 rings (SSSR count). The van der Waals surface area contributed by atoms with Gasteiger partial charge in [-0.3, -0.25) is 0 Å². The average Bonchev–Trinajstić information content (AvgIpc) is 2.88. The van der Waals surface area contributed by atoms with Crippen LogP contribution in [0.15, 0.2) is 13.6 Å². The van der Waals surface area contributed by atoms with Gasteiger partial charge in [-0.1, -0.05) is 6.92 Å². The normalized spacial score (nSPS) is 21.9. The first kappa shape index (κ1) is 14.0. The molecule has 1 fully saturated rings. The van der Waals surface area contributed by atoms with Crippen molar-refractivity contribution in [3.8, 4) is 0 Å². The Bertz CT molecular complexity index is 363. The van der Waals surface area contributed by atoms with Crippen molar-refractivity contribution in [3.05, 3.63) is 19.2 Å². The van der Waals surface area contributed by atoms with E-state index in [1.54, 1.807) is 11.3 Å². The van der Waals surface area contributed by atoms with E-state index in [4.69, 9.17) is 4.74 Å². The highest BCUT2D eigenvalue weighted by atomic mass is 79.9. The molecular weight excluding hydrogens is 366 g/mol. The predicted molar refractivity (Wildman–Crippen MR) is 79.7 cm³/mol. The molecule has 2 heterocycles. The van der Waals surface area contributed by atoms with Crippen molar-refractivity contribution in [2.24, 2.45) is 0 Å². The van der Waals surface area contributed by atoms with Crippen molar-refractivity contribution in [3.63, 3.8) is 0 Å². The zero-order valence-corrected chi connectivity index (χ0v) is 13.8. The lowest BCUT2D eigenvalue weighted by Gasteiger charge is -2.21. The third kappa shape index (κ3) is 3.77. The molecule has 2 unspecified atom stereocenters. The Morgan fingerprint density at radius 2 is 2.41 bits per heavy atom. The number of halogens is 2. The van der Waals surface area contributed by atoms with E-state index in [-0.39, 0.29) is 0 Å². The molecule has 1 aliphatic rings. The summed E-state index contributed by atoms with van der Waals surface area (Å²) in [5.74, 6) is 0. The SMILES string of the molecule is CCNC(CC1CCCO1)c1cc(Br)sc1Br. The van der Waals surface area contributed by atoms with Crippen LogP contribution >= 0.6 is 43.2 Å². The largest absolute Gasteiger partial charge is 0.378 e. The van der Waals surface area contributed by atoms with Crippen LogP contribution in [0.4, 0.5) is 0 Å². The molecule has 0 aromatic carbocycles. The van der Waals surface area contributed by atoms with Gasteiger partial charge in [0.15, 0.2) is 0 Å². The fraction of sp³-hybridized carbons (Fsp3) is 0.667. The van der Waals surface area contributed by atoms with Crippen molar-refractivity contribution in [2.75, 3.05) is 13.2 Å². The summed E-state index contributed by atoms with van der Waals surface area (Å²) >= 11 is 8.92. The van der Waals surface area contributed by atoms with Gasteiger partial charge < -0.3 is 10.1 Å². The van der Waals surface area contributed by atoms with Crippen molar-refractivity contribution >= 4 is 43.2 Å². The van der Waals surface area contributed by atoms with Crippen molar-refractivity contribution < 1.29 is 4.74 Å². The van der Waals surface area contributed by atoms with E-state index in [0.717, 1.165) is 19.6 Å². The average molecular weight is 383 g/mol. The molecule has 96 valence electrons. The Morgan fingerprint density at radius 3 is 2.94 bits per heavy atom. The first-order valence-corrected chi connectivity index (χ1v) is 8.40. The minimum atomic E-state index is 0.389. The summed E-state index contributed by atoms with van der Waals surface area (Å²) in [6.07, 6.45) is 3.89. The van der Waals surface area contributed by atoms with Crippen LogP contribution in [0.25, 0.3) is 0 Å². The van der Waals surface area contributed by atoms with Gasteiger partial charge in [-0.15, -0.1) is 11.3 Å². The van der Waals surface area contributed by atoms with Crippen LogP contribution in [0, 0.1) is 0 Å². The maximum Gasteiger partial charge on any atom is 0.0758 e. The van der Waals surface area contributed by atoms with E-state index in [1.807, 2.05) is 0 Å². The molecule has 0 bridgehead atoms. The first-order chi connectivity index (χ1) is 8.20. The number of rotatable bonds is 5. The van der Waals surface area contributed by atoms with Crippen LogP contribution in [-0.2, 0) is 4.74 Å². The number of ether oxygens (including phenoxy) is 1. The molecule has 0 spiro atoms. The van der Waals surface area contributed by atoms with Gasteiger partial charge in [0.1, 0.15) is 0 Å². The number of hydrogen-bond donors (Lipinski definition) is 1. The molecule has 0 saturated carbocycles. The molecule has 2 atom stereocenters. The fourth-order valence-electron chi connectivity index (χ4n) is 2.25. The first-order valence-electron chi connectivity index (χ1n) is 6.00. The quantitative estimate of drug-likeness (QED) is 0.809. The Hall–Kier alpha value is 0.580. The summed E-state index contributed by atoms with van der Waals surface area (Å²) in [6, 6.07) is 2.59. The van der Waals surface area contributed by atoms with E-state index in [9.17, 15) is 0 Å². The Morgan fingerprint density at radius 1 is 1.59 bits per heavy atom. The summed E-state index contributed by atoms with van der Waals surface area (Å²) in [5, 5.41) is 3.56. The summed E-state index contributed by atoms with van der Waals surface area (Å²) < 4.78 is 8.13. The summed E-state index contributed by atoms with van der Waals surface area (Å²) in [7, 11) is 0. The van der Waals surface area contributed by atoms with Crippen molar-refractivity contribution in [1.29, 1.82) is 0 Å². The van der Waals surface area contributed by atoms with Gasteiger partial charge >= 0.3 is 0 Å². The smallest absolute Gasteiger partial charge is 0.0758 e. The number of nitrogens with one attached hydrogen (secondary N) is 1. The molecule has 1 N–H and O–H groups in total. The molecule has 2 nitrogen and oxygen atoms in total. The molecule has 17 heavy (non-hydrogen) atoms. The number of hydrogen-bond acceptors (Lipinski definition) is 3. The molecule has 1 saturated heterocycles. The van der Waals surface area contributed by atoms with Gasteiger partial charge in [0.05, 0.1) is 13.7 Å². The lowest BCUT2D eigenvalue weighted by molar-refractivity contribution is 0.0947. The predicted octanol–water partition coefficient (Wildman–Crippen LogP) is 4.49. The maximum absolute atomic E-state index is 5.73. The molecular formula is C12H17Br2NOS. The van der Waals surface area contributed by atoms with Gasteiger partial charge in [-0.05, 0) is 69.3 Å². The second kappa shape index (κ2) is 6.66. The zero-order chi connectivity index (χ0) is 12.3. The lowest BCUT2D eigenvalue weighted by atomic mass is 10.0. The van der Waals surface area contributed by atoms with E-state index in [2.05, 4.69) is 50.2 Å². The second-order valence-corrected chi connectivity index (χ2v) is 8.01. The molecule has 1 aromatic rings. The summed E-state index contributed by atoms with van der Waals surface area (Å²) in [5.41, 5.74) is 1.35. The lowest BCUT2D eigenvalue weighted by Crippen LogP contribution is -2.25. The second-order valence-electron chi connectivity index (χ2n) is 4.26.